The minimum atomic E-state index is 0.0133. The first-order valence-electron chi connectivity index (χ1n) is 5.80. The lowest BCUT2D eigenvalue weighted by molar-refractivity contribution is -0.117. The summed E-state index contributed by atoms with van der Waals surface area (Å²) >= 11 is 6.05. The maximum atomic E-state index is 11.9. The van der Waals surface area contributed by atoms with Crippen molar-refractivity contribution in [2.24, 2.45) is 11.0 Å². The van der Waals surface area contributed by atoms with E-state index in [0.717, 1.165) is 5.69 Å². The van der Waals surface area contributed by atoms with Crippen LogP contribution < -0.4 is 9.64 Å². The summed E-state index contributed by atoms with van der Waals surface area (Å²) in [5.41, 5.74) is 9.03. The Hall–Kier alpha value is -1.91. The molecule has 2 rings (SSSR count). The Bertz CT molecular complexity index is 543. The Morgan fingerprint density at radius 3 is 3.05 bits per heavy atom. The van der Waals surface area contributed by atoms with E-state index in [2.05, 4.69) is 10.0 Å². The number of amides is 1. The average molecular weight is 281 g/mol. The quantitative estimate of drug-likeness (QED) is 0.483. The van der Waals surface area contributed by atoms with Crippen molar-refractivity contribution in [3.63, 3.8) is 0 Å². The van der Waals surface area contributed by atoms with Crippen LogP contribution in [0.1, 0.15) is 6.42 Å². The molecule has 6 nitrogen and oxygen atoms in total. The third kappa shape index (κ3) is 2.92. The molecule has 1 aliphatic heterocycles. The molecule has 0 N–H and O–H groups in total. The Labute approximate surface area is 115 Å². The van der Waals surface area contributed by atoms with Gasteiger partial charge in [0, 0.05) is 30.1 Å². The summed E-state index contributed by atoms with van der Waals surface area (Å²) in [4.78, 5) is 16.3. The summed E-state index contributed by atoms with van der Waals surface area (Å²) in [6.45, 7) is 0.878. The first-order chi connectivity index (χ1) is 9.15. The smallest absolute Gasteiger partial charge is 0.227 e. The Morgan fingerprint density at radius 1 is 1.63 bits per heavy atom. The van der Waals surface area contributed by atoms with Gasteiger partial charge in [-0.05, 0) is 29.6 Å². The van der Waals surface area contributed by atoms with Crippen LogP contribution in [0.5, 0.6) is 5.75 Å². The minimum absolute atomic E-state index is 0.0133. The van der Waals surface area contributed by atoms with E-state index in [-0.39, 0.29) is 11.8 Å². The number of carbonyl (C=O) groups is 1. The van der Waals surface area contributed by atoms with Crippen LogP contribution in [0.2, 0.25) is 5.02 Å². The molecule has 1 fully saturated rings. The van der Waals surface area contributed by atoms with E-state index in [9.17, 15) is 4.79 Å². The lowest BCUT2D eigenvalue weighted by atomic mass is 10.1. The molecule has 0 aliphatic carbocycles. The van der Waals surface area contributed by atoms with Crippen molar-refractivity contribution in [3.05, 3.63) is 33.7 Å². The summed E-state index contributed by atoms with van der Waals surface area (Å²) in [5, 5.41) is 3.98. The summed E-state index contributed by atoms with van der Waals surface area (Å²) in [5.74, 6) is 0.645. The lowest BCUT2D eigenvalue weighted by Crippen LogP contribution is -2.24. The van der Waals surface area contributed by atoms with Gasteiger partial charge in [0.25, 0.3) is 0 Å². The second-order valence-corrected chi connectivity index (χ2v) is 4.71. The summed E-state index contributed by atoms with van der Waals surface area (Å²) in [7, 11) is 1.54. The molecule has 100 valence electrons. The van der Waals surface area contributed by atoms with Crippen molar-refractivity contribution in [1.29, 1.82) is 0 Å². The summed E-state index contributed by atoms with van der Waals surface area (Å²) in [6, 6.07) is 5.22. The van der Waals surface area contributed by atoms with E-state index in [0.29, 0.717) is 30.3 Å². The van der Waals surface area contributed by atoms with Crippen LogP contribution in [0, 0.1) is 5.92 Å². The minimum Gasteiger partial charge on any atom is -0.495 e. The molecule has 0 radical (unpaired) electrons. The van der Waals surface area contributed by atoms with Gasteiger partial charge in [0.1, 0.15) is 5.75 Å². The fourth-order valence-electron chi connectivity index (χ4n) is 2.13. The number of azide groups is 1. The van der Waals surface area contributed by atoms with Crippen LogP contribution in [0.4, 0.5) is 5.69 Å². The van der Waals surface area contributed by atoms with Gasteiger partial charge in [-0.15, -0.1) is 0 Å². The first kappa shape index (κ1) is 13.5. The van der Waals surface area contributed by atoms with Crippen LogP contribution >= 0.6 is 11.6 Å². The first-order valence-corrected chi connectivity index (χ1v) is 6.18. The van der Waals surface area contributed by atoms with Crippen LogP contribution in [-0.2, 0) is 4.79 Å². The van der Waals surface area contributed by atoms with E-state index in [1.54, 1.807) is 23.1 Å². The molecule has 0 saturated carbocycles. The maximum Gasteiger partial charge on any atom is 0.227 e. The molecule has 0 spiro atoms. The van der Waals surface area contributed by atoms with Gasteiger partial charge in [-0.25, -0.2) is 0 Å². The van der Waals surface area contributed by atoms with Crippen molar-refractivity contribution in [3.8, 4) is 5.75 Å². The number of ether oxygens (including phenoxy) is 1. The number of methoxy groups -OCH3 is 1. The van der Waals surface area contributed by atoms with E-state index < -0.39 is 0 Å². The number of rotatable bonds is 4. The average Bonchev–Trinajstić information content (AvgIpc) is 2.77. The van der Waals surface area contributed by atoms with E-state index in [4.69, 9.17) is 21.9 Å². The molecule has 0 bridgehead atoms. The molecule has 1 aromatic carbocycles. The van der Waals surface area contributed by atoms with Gasteiger partial charge >= 0.3 is 0 Å². The largest absolute Gasteiger partial charge is 0.495 e. The number of hydrogen-bond donors (Lipinski definition) is 0. The molecule has 1 heterocycles. The van der Waals surface area contributed by atoms with Crippen LogP contribution in [0.25, 0.3) is 10.4 Å². The van der Waals surface area contributed by atoms with Crippen LogP contribution in [0.3, 0.4) is 0 Å². The van der Waals surface area contributed by atoms with E-state index in [1.807, 2.05) is 0 Å². The molecule has 0 aromatic heterocycles. The molecule has 1 aliphatic rings. The van der Waals surface area contributed by atoms with Crippen molar-refractivity contribution < 1.29 is 9.53 Å². The SMILES string of the molecule is COc1ccc(N2CC(CN=[N+]=[N-])CC2=O)cc1Cl. The molecule has 7 heteroatoms. The van der Waals surface area contributed by atoms with Gasteiger partial charge in [0.15, 0.2) is 0 Å². The number of benzene rings is 1. The normalized spacial score (nSPS) is 18.3. The van der Waals surface area contributed by atoms with Gasteiger partial charge in [-0.1, -0.05) is 16.7 Å². The van der Waals surface area contributed by atoms with Gasteiger partial charge in [0.05, 0.1) is 12.1 Å². The molecule has 1 amide bonds. The number of hydrogen-bond acceptors (Lipinski definition) is 3. The standard InChI is InChI=1S/C12H13ClN4O2/c1-19-11-3-2-9(5-10(11)13)17-7-8(4-12(17)18)6-15-16-14/h2-3,5,8H,4,6-7H2,1H3. The van der Waals surface area contributed by atoms with Crippen LogP contribution in [0.15, 0.2) is 23.3 Å². The number of nitrogens with zero attached hydrogens (tertiary/aromatic N) is 4. The van der Waals surface area contributed by atoms with Crippen molar-refractivity contribution in [2.75, 3.05) is 25.1 Å². The lowest BCUT2D eigenvalue weighted by Gasteiger charge is -2.17. The van der Waals surface area contributed by atoms with Crippen molar-refractivity contribution in [1.82, 2.24) is 0 Å². The van der Waals surface area contributed by atoms with Crippen LogP contribution in [-0.4, -0.2) is 26.1 Å². The molecule has 1 atom stereocenters. The third-order valence-electron chi connectivity index (χ3n) is 3.06. The predicted molar refractivity (Wildman–Crippen MR) is 72.5 cm³/mol. The van der Waals surface area contributed by atoms with E-state index in [1.165, 1.54) is 7.11 Å². The van der Waals surface area contributed by atoms with Crippen molar-refractivity contribution >= 4 is 23.2 Å². The molecular formula is C12H13ClN4O2. The molecular weight excluding hydrogens is 268 g/mol. The summed E-state index contributed by atoms with van der Waals surface area (Å²) in [6.07, 6.45) is 0.392. The van der Waals surface area contributed by atoms with Gasteiger partial charge in [-0.2, -0.15) is 0 Å². The highest BCUT2D eigenvalue weighted by Crippen LogP contribution is 2.32. The highest BCUT2D eigenvalue weighted by molar-refractivity contribution is 6.32. The molecule has 1 aromatic rings. The number of carbonyl (C=O) groups excluding carboxylic acids is 1. The van der Waals surface area contributed by atoms with Gasteiger partial charge in [0.2, 0.25) is 5.91 Å². The third-order valence-corrected chi connectivity index (χ3v) is 3.35. The number of anilines is 1. The predicted octanol–water partition coefficient (Wildman–Crippen LogP) is 3.01. The topological polar surface area (TPSA) is 78.3 Å². The maximum absolute atomic E-state index is 11.9. The number of halogens is 1. The Morgan fingerprint density at radius 2 is 2.42 bits per heavy atom. The highest BCUT2D eigenvalue weighted by atomic mass is 35.5. The van der Waals surface area contributed by atoms with Gasteiger partial charge in [-0.3, -0.25) is 4.79 Å². The second kappa shape index (κ2) is 5.82. The Kier molecular flexibility index (Phi) is 4.14. The molecule has 1 unspecified atom stereocenters. The van der Waals surface area contributed by atoms with Gasteiger partial charge < -0.3 is 9.64 Å². The fraction of sp³-hybridized carbons (Fsp3) is 0.417. The second-order valence-electron chi connectivity index (χ2n) is 4.31. The fourth-order valence-corrected chi connectivity index (χ4v) is 2.38. The zero-order valence-electron chi connectivity index (χ0n) is 10.4. The Balaban J connectivity index is 2.16. The zero-order chi connectivity index (χ0) is 13.8. The van der Waals surface area contributed by atoms with Crippen molar-refractivity contribution in [2.45, 2.75) is 6.42 Å². The summed E-state index contributed by atoms with van der Waals surface area (Å²) < 4.78 is 5.07. The highest BCUT2D eigenvalue weighted by Gasteiger charge is 2.30. The monoisotopic (exact) mass is 280 g/mol. The zero-order valence-corrected chi connectivity index (χ0v) is 11.2. The molecule has 1 saturated heterocycles. The van der Waals surface area contributed by atoms with E-state index >= 15 is 0 Å². The molecule has 19 heavy (non-hydrogen) atoms.